The summed E-state index contributed by atoms with van der Waals surface area (Å²) in [5.41, 5.74) is 0.358. The number of rotatable bonds is 2. The summed E-state index contributed by atoms with van der Waals surface area (Å²) in [5.74, 6) is -0.0917. The van der Waals surface area contributed by atoms with E-state index in [1.54, 1.807) is 12.1 Å². The van der Waals surface area contributed by atoms with Crippen molar-refractivity contribution in [1.82, 2.24) is 5.32 Å². The molecule has 0 radical (unpaired) electrons. The summed E-state index contributed by atoms with van der Waals surface area (Å²) in [7, 11) is 0. The maximum Gasteiger partial charge on any atom is 0.217 e. The minimum absolute atomic E-state index is 0.0917. The van der Waals surface area contributed by atoms with Gasteiger partial charge in [-0.25, -0.2) is 0 Å². The second-order valence-corrected chi connectivity index (χ2v) is 4.77. The molecule has 0 spiro atoms. The van der Waals surface area contributed by atoms with Gasteiger partial charge in [0.15, 0.2) is 0 Å². The smallest absolute Gasteiger partial charge is 0.217 e. The fourth-order valence-electron chi connectivity index (χ4n) is 1.50. The molecule has 1 aromatic carbocycles. The first kappa shape index (κ1) is 12.3. The second-order valence-electron chi connectivity index (χ2n) is 3.93. The number of carbonyl (C=O) groups is 1. The van der Waals surface area contributed by atoms with Crippen molar-refractivity contribution in [3.8, 4) is 0 Å². The van der Waals surface area contributed by atoms with E-state index in [2.05, 4.69) is 5.32 Å². The largest absolute Gasteiger partial charge is 0.347 e. The first-order chi connectivity index (χ1) is 6.83. The van der Waals surface area contributed by atoms with E-state index >= 15 is 0 Å². The van der Waals surface area contributed by atoms with Crippen LogP contribution in [0.1, 0.15) is 26.3 Å². The van der Waals surface area contributed by atoms with Gasteiger partial charge in [-0.05, 0) is 31.5 Å². The van der Waals surface area contributed by atoms with Gasteiger partial charge in [-0.3, -0.25) is 4.79 Å². The summed E-state index contributed by atoms with van der Waals surface area (Å²) in [5, 5.41) is 3.97. The Bertz CT molecular complexity index is 388. The minimum Gasteiger partial charge on any atom is -0.347 e. The average Bonchev–Trinajstić information content (AvgIpc) is 1.99. The van der Waals surface area contributed by atoms with Crippen LogP contribution < -0.4 is 5.32 Å². The lowest BCUT2D eigenvalue weighted by Gasteiger charge is -2.27. The number of nitrogens with one attached hydrogen (secondary N) is 1. The first-order valence-electron chi connectivity index (χ1n) is 4.57. The quantitative estimate of drug-likeness (QED) is 0.851. The normalized spacial score (nSPS) is 11.3. The summed E-state index contributed by atoms with van der Waals surface area (Å²) < 4.78 is 0. The zero-order valence-corrected chi connectivity index (χ0v) is 10.4. The molecule has 0 saturated heterocycles. The van der Waals surface area contributed by atoms with Crippen LogP contribution in [0.25, 0.3) is 0 Å². The molecule has 0 unspecified atom stereocenters. The summed E-state index contributed by atoms with van der Waals surface area (Å²) in [4.78, 5) is 11.0. The summed E-state index contributed by atoms with van der Waals surface area (Å²) in [6, 6.07) is 5.24. The van der Waals surface area contributed by atoms with Gasteiger partial charge in [-0.2, -0.15) is 0 Å². The van der Waals surface area contributed by atoms with Crippen LogP contribution in [-0.2, 0) is 10.3 Å². The molecular weight excluding hydrogens is 233 g/mol. The van der Waals surface area contributed by atoms with Crippen LogP contribution >= 0.6 is 23.2 Å². The van der Waals surface area contributed by atoms with Gasteiger partial charge in [0.1, 0.15) is 0 Å². The number of benzene rings is 1. The molecule has 0 saturated carbocycles. The van der Waals surface area contributed by atoms with E-state index < -0.39 is 5.54 Å². The van der Waals surface area contributed by atoms with Crippen LogP contribution in [0.4, 0.5) is 0 Å². The predicted octanol–water partition coefficient (Wildman–Crippen LogP) is 3.36. The van der Waals surface area contributed by atoms with Gasteiger partial charge in [-0.1, -0.05) is 29.3 Å². The van der Waals surface area contributed by atoms with Gasteiger partial charge in [0.2, 0.25) is 5.91 Å². The highest BCUT2D eigenvalue weighted by atomic mass is 35.5. The third-order valence-electron chi connectivity index (χ3n) is 2.09. The fourth-order valence-corrected chi connectivity index (χ4v) is 2.15. The lowest BCUT2D eigenvalue weighted by atomic mass is 9.94. The van der Waals surface area contributed by atoms with Crippen molar-refractivity contribution in [2.24, 2.45) is 0 Å². The van der Waals surface area contributed by atoms with Crippen molar-refractivity contribution in [2.75, 3.05) is 0 Å². The Morgan fingerprint density at radius 3 is 2.40 bits per heavy atom. The monoisotopic (exact) mass is 245 g/mol. The molecule has 15 heavy (non-hydrogen) atoms. The average molecular weight is 246 g/mol. The summed E-state index contributed by atoms with van der Waals surface area (Å²) in [6.45, 7) is 5.26. The zero-order valence-electron chi connectivity index (χ0n) is 8.90. The van der Waals surface area contributed by atoms with E-state index in [0.29, 0.717) is 10.0 Å². The Kier molecular flexibility index (Phi) is 3.63. The molecule has 0 aliphatic carbocycles. The van der Waals surface area contributed by atoms with Crippen LogP contribution in [0.3, 0.4) is 0 Å². The van der Waals surface area contributed by atoms with Crippen molar-refractivity contribution >= 4 is 29.1 Å². The topological polar surface area (TPSA) is 29.1 Å². The van der Waals surface area contributed by atoms with Crippen molar-refractivity contribution in [2.45, 2.75) is 26.3 Å². The second kappa shape index (κ2) is 4.42. The molecule has 0 aromatic heterocycles. The molecule has 4 heteroatoms. The van der Waals surface area contributed by atoms with Gasteiger partial charge in [0.05, 0.1) is 5.54 Å². The molecule has 1 rings (SSSR count). The van der Waals surface area contributed by atoms with Crippen molar-refractivity contribution < 1.29 is 4.79 Å². The molecule has 1 amide bonds. The van der Waals surface area contributed by atoms with Crippen LogP contribution in [0.5, 0.6) is 0 Å². The van der Waals surface area contributed by atoms with Gasteiger partial charge in [0, 0.05) is 17.0 Å². The lowest BCUT2D eigenvalue weighted by Crippen LogP contribution is -2.39. The standard InChI is InChI=1S/C11H13Cl2NO/c1-7(15)14-11(2,3)9-5-4-8(12)6-10(9)13/h4-6H,1-3H3,(H,14,15). The molecule has 0 atom stereocenters. The van der Waals surface area contributed by atoms with Crippen molar-refractivity contribution in [1.29, 1.82) is 0 Å². The Morgan fingerprint density at radius 1 is 1.33 bits per heavy atom. The SMILES string of the molecule is CC(=O)NC(C)(C)c1ccc(Cl)cc1Cl. The number of hydrogen-bond acceptors (Lipinski definition) is 1. The third-order valence-corrected chi connectivity index (χ3v) is 2.64. The number of halogens is 2. The molecular formula is C11H13Cl2NO. The highest BCUT2D eigenvalue weighted by Crippen LogP contribution is 2.29. The van der Waals surface area contributed by atoms with E-state index in [1.165, 1.54) is 6.92 Å². The fraction of sp³-hybridized carbons (Fsp3) is 0.364. The van der Waals surface area contributed by atoms with Crippen molar-refractivity contribution in [3.63, 3.8) is 0 Å². The van der Waals surface area contributed by atoms with E-state index in [-0.39, 0.29) is 5.91 Å². The molecule has 0 aliphatic heterocycles. The van der Waals surface area contributed by atoms with E-state index in [9.17, 15) is 4.79 Å². The molecule has 0 fully saturated rings. The predicted molar refractivity (Wildman–Crippen MR) is 63.3 cm³/mol. The maximum absolute atomic E-state index is 11.0. The molecule has 1 N–H and O–H groups in total. The van der Waals surface area contributed by atoms with Crippen LogP contribution in [0.15, 0.2) is 18.2 Å². The number of hydrogen-bond donors (Lipinski definition) is 1. The molecule has 0 bridgehead atoms. The van der Waals surface area contributed by atoms with Crippen LogP contribution in [0, 0.1) is 0 Å². The lowest BCUT2D eigenvalue weighted by molar-refractivity contribution is -0.120. The maximum atomic E-state index is 11.0. The van der Waals surface area contributed by atoms with Gasteiger partial charge < -0.3 is 5.32 Å². The van der Waals surface area contributed by atoms with E-state index in [1.807, 2.05) is 19.9 Å². The highest BCUT2D eigenvalue weighted by Gasteiger charge is 2.23. The van der Waals surface area contributed by atoms with Crippen molar-refractivity contribution in [3.05, 3.63) is 33.8 Å². The number of carbonyl (C=O) groups excluding carboxylic acids is 1. The molecule has 2 nitrogen and oxygen atoms in total. The first-order valence-corrected chi connectivity index (χ1v) is 5.33. The molecule has 0 aliphatic rings. The highest BCUT2D eigenvalue weighted by molar-refractivity contribution is 6.35. The number of amides is 1. The molecule has 1 aromatic rings. The Labute approximate surface area is 99.6 Å². The zero-order chi connectivity index (χ0) is 11.6. The summed E-state index contributed by atoms with van der Waals surface area (Å²) >= 11 is 11.9. The molecule has 0 heterocycles. The van der Waals surface area contributed by atoms with E-state index in [0.717, 1.165) is 5.56 Å². The van der Waals surface area contributed by atoms with Gasteiger partial charge in [0.25, 0.3) is 0 Å². The van der Waals surface area contributed by atoms with Gasteiger partial charge in [-0.15, -0.1) is 0 Å². The summed E-state index contributed by atoms with van der Waals surface area (Å²) in [6.07, 6.45) is 0. The Balaban J connectivity index is 3.09. The van der Waals surface area contributed by atoms with E-state index in [4.69, 9.17) is 23.2 Å². The molecule has 82 valence electrons. The Hall–Kier alpha value is -0.730. The van der Waals surface area contributed by atoms with Gasteiger partial charge >= 0.3 is 0 Å². The minimum atomic E-state index is -0.493. The third kappa shape index (κ3) is 3.11. The van der Waals surface area contributed by atoms with Crippen LogP contribution in [0.2, 0.25) is 10.0 Å². The Morgan fingerprint density at radius 2 is 1.93 bits per heavy atom. The van der Waals surface area contributed by atoms with Crippen LogP contribution in [-0.4, -0.2) is 5.91 Å².